The molecule has 4 saturated heterocycles. The predicted octanol–water partition coefficient (Wildman–Crippen LogP) is 15.3. The van der Waals surface area contributed by atoms with Crippen LogP contribution in [0.2, 0.25) is 0 Å². The summed E-state index contributed by atoms with van der Waals surface area (Å²) in [7, 11) is 0. The molecular formula is C64H102Cl3IN2O4Zn. The molecule has 3 spiro atoms. The van der Waals surface area contributed by atoms with Crippen LogP contribution in [0.25, 0.3) is 0 Å². The molecule has 0 amide bonds. The van der Waals surface area contributed by atoms with E-state index < -0.39 is 0 Å². The average Bonchev–Trinajstić information content (AvgIpc) is 3.69. The van der Waals surface area contributed by atoms with Gasteiger partial charge in [-0.1, -0.05) is 99.9 Å². The van der Waals surface area contributed by atoms with Crippen molar-refractivity contribution >= 4 is 57.4 Å². The molecule has 9 aliphatic carbocycles. The quantitative estimate of drug-likeness (QED) is 0.0961. The van der Waals surface area contributed by atoms with Crippen molar-refractivity contribution in [2.45, 2.75) is 226 Å². The maximum absolute atomic E-state index is 10.4. The molecule has 6 saturated carbocycles. The van der Waals surface area contributed by atoms with Gasteiger partial charge in [-0.15, -0.1) is 34.8 Å². The van der Waals surface area contributed by atoms with Crippen molar-refractivity contribution in [1.82, 2.24) is 9.80 Å². The first-order chi connectivity index (χ1) is 35.4. The molecule has 13 aliphatic rings. The molecule has 0 aromatic rings. The number of allylic oxidation sites excluding steroid dienone is 3. The smallest absolute Gasteiger partial charge is 0.393 e. The predicted molar refractivity (Wildman–Crippen MR) is 318 cm³/mol. The van der Waals surface area contributed by atoms with Crippen LogP contribution in [-0.4, -0.2) is 110 Å². The van der Waals surface area contributed by atoms with Crippen LogP contribution in [0.1, 0.15) is 178 Å². The molecule has 6 nitrogen and oxygen atoms in total. The molecular weight excluding hydrogens is 1160 g/mol. The van der Waals surface area contributed by atoms with Gasteiger partial charge in [-0.25, -0.2) is 0 Å². The number of likely N-dealkylation sites (tertiary alicyclic amines) is 2. The molecule has 0 bridgehead atoms. The van der Waals surface area contributed by atoms with Gasteiger partial charge in [0.2, 0.25) is 0 Å². The largest absolute Gasteiger partial charge is 2.00 e. The Bertz CT molecular complexity index is 2100. The van der Waals surface area contributed by atoms with Crippen LogP contribution < -0.4 is 0 Å². The second-order valence-electron chi connectivity index (χ2n) is 27.4. The molecule has 10 fully saturated rings. The number of aliphatic hydroxyl groups is 2. The standard InChI is InChI=1S/C30H46ClNO2.C29H44ClNO2.2C2H5.CH2ClI.Zn/c1-18-13-25-26(32(16-18)12-11-31)19(2)30(34-25)10-8-23-22-6-5-20-14-21(33)7-9-27(20,3)24(22)15-29(23)17-28(29,30)4;1-17-13-26-27(31(16-17)12-11-30)19(3)29(33-26)10-8-22-23-6-5-20-14-21(32)7-9-28(20,4)25(23)15-24(22)18(29)2;2*1-2;2-1-3;/h5,18-19,21-26,33H,6-17H2,1-4H3;5,17,19,21-23,25-27,32H,6-16H2,1-4H3;2*1H2,2H3;1H2;/q;;2*-1;;+2/t18-,19+,21-,22?,23-,24-,25+,26-,27-,28?,29+,30+;17-,19+,21-,22-,23?,25-,26+,27-,28-,29-;;;;/m00..../s1. The van der Waals surface area contributed by atoms with Crippen molar-refractivity contribution in [3.63, 3.8) is 0 Å². The normalized spacial score (nSPS) is 50.4. The summed E-state index contributed by atoms with van der Waals surface area (Å²) >= 11 is 19.6. The van der Waals surface area contributed by atoms with E-state index in [-0.39, 0.29) is 42.9 Å². The molecule has 422 valence electrons. The summed E-state index contributed by atoms with van der Waals surface area (Å²) < 4.78 is 15.3. The molecule has 2 N–H and O–H groups in total. The van der Waals surface area contributed by atoms with Gasteiger partial charge in [-0.3, -0.25) is 9.80 Å². The van der Waals surface area contributed by atoms with Crippen molar-refractivity contribution in [3.8, 4) is 0 Å². The van der Waals surface area contributed by atoms with Crippen LogP contribution in [0.15, 0.2) is 34.4 Å². The molecule has 0 aromatic heterocycles. The molecule has 0 aromatic carbocycles. The van der Waals surface area contributed by atoms with E-state index in [4.69, 9.17) is 44.3 Å². The molecule has 4 aliphatic heterocycles. The molecule has 22 atom stereocenters. The SMILES string of the molecule is CC1=C2C[C@H]3C(CC=C4C[C@@H](O)CC[C@@]43C)[C@@H]2CC[C@]12O[C@@H]1C[C@H](C)CN(CCCl)[C@H]1[C@H]2C.C[C@H]1C[C@H]2O[C@]3(CC[C@H]4C5CC=C6C[C@@H](O)CC[C@]6(C)[C@H]5C[C@@]45CC53C)[C@H](C)[C@@H]2N(CCCl)C1.ClCI.[CH2-]C.[CH2-]C.[Zn+2]. The Balaban J connectivity index is 0.000000176. The topological polar surface area (TPSA) is 65.4 Å². The van der Waals surface area contributed by atoms with Gasteiger partial charge in [0.1, 0.15) is 0 Å². The van der Waals surface area contributed by atoms with Gasteiger partial charge >= 0.3 is 19.5 Å². The zero-order valence-electron chi connectivity index (χ0n) is 48.6. The van der Waals surface area contributed by atoms with E-state index in [1.165, 1.54) is 90.1 Å². The number of aliphatic hydroxyl groups excluding tert-OH is 2. The summed E-state index contributed by atoms with van der Waals surface area (Å²) in [4.78, 5) is 5.36. The monoisotopic (exact) mass is 1260 g/mol. The summed E-state index contributed by atoms with van der Waals surface area (Å²) in [6.07, 6.45) is 25.9. The third-order valence-corrected chi connectivity index (χ3v) is 25.1. The summed E-state index contributed by atoms with van der Waals surface area (Å²) in [5, 5.41) is 20.7. The minimum Gasteiger partial charge on any atom is -0.393 e. The van der Waals surface area contributed by atoms with Crippen molar-refractivity contribution < 1.29 is 39.2 Å². The van der Waals surface area contributed by atoms with E-state index in [9.17, 15) is 10.2 Å². The summed E-state index contributed by atoms with van der Waals surface area (Å²) in [5.41, 5.74) is 7.97. The van der Waals surface area contributed by atoms with Crippen molar-refractivity contribution in [2.75, 3.05) is 41.8 Å². The van der Waals surface area contributed by atoms with Gasteiger partial charge in [-0.05, 0) is 185 Å². The van der Waals surface area contributed by atoms with E-state index in [0.717, 1.165) is 86.6 Å². The Morgan fingerprint density at radius 2 is 1.20 bits per heavy atom. The summed E-state index contributed by atoms with van der Waals surface area (Å²) in [6.45, 7) is 34.4. The maximum atomic E-state index is 10.4. The number of halogens is 4. The second-order valence-corrected chi connectivity index (χ2v) is 30.1. The van der Waals surface area contributed by atoms with Gasteiger partial charge in [0.25, 0.3) is 0 Å². The summed E-state index contributed by atoms with van der Waals surface area (Å²) in [5.74, 6) is 8.79. The number of ether oxygens (including phenoxy) is 2. The fourth-order valence-corrected chi connectivity index (χ4v) is 22.1. The molecule has 13 rings (SSSR count). The van der Waals surface area contributed by atoms with Gasteiger partial charge in [0.15, 0.2) is 0 Å². The number of hydrogen-bond acceptors (Lipinski definition) is 6. The zero-order valence-corrected chi connectivity index (χ0v) is 56.0. The van der Waals surface area contributed by atoms with Gasteiger partial charge in [0, 0.05) is 67.3 Å². The fraction of sp³-hybridized carbons (Fsp3) is 0.875. The van der Waals surface area contributed by atoms with Crippen molar-refractivity contribution in [1.29, 1.82) is 0 Å². The van der Waals surface area contributed by atoms with Crippen molar-refractivity contribution in [3.05, 3.63) is 48.3 Å². The minimum absolute atomic E-state index is 0. The van der Waals surface area contributed by atoms with Gasteiger partial charge in [0.05, 0.1) is 39.5 Å². The van der Waals surface area contributed by atoms with E-state index in [1.54, 1.807) is 36.1 Å². The van der Waals surface area contributed by atoms with Crippen LogP contribution >= 0.6 is 57.4 Å². The Kier molecular flexibility index (Phi) is 20.0. The molecule has 0 radical (unpaired) electrons. The number of alkyl halides is 4. The Morgan fingerprint density at radius 1 is 0.680 bits per heavy atom. The Labute approximate surface area is 499 Å². The summed E-state index contributed by atoms with van der Waals surface area (Å²) in [6, 6.07) is 1.07. The Morgan fingerprint density at radius 3 is 1.76 bits per heavy atom. The Hall–Kier alpha value is 1.20. The maximum Gasteiger partial charge on any atom is 2.00 e. The van der Waals surface area contributed by atoms with Crippen LogP contribution in [0.5, 0.6) is 0 Å². The third kappa shape index (κ3) is 9.86. The second kappa shape index (κ2) is 24.1. The molecule has 3 unspecified atom stereocenters. The van der Waals surface area contributed by atoms with Crippen LogP contribution in [-0.2, 0) is 29.0 Å². The molecule has 75 heavy (non-hydrogen) atoms. The number of rotatable bonds is 4. The van der Waals surface area contributed by atoms with E-state index in [0.29, 0.717) is 79.4 Å². The van der Waals surface area contributed by atoms with Crippen molar-refractivity contribution in [2.24, 2.45) is 80.8 Å². The van der Waals surface area contributed by atoms with Gasteiger partial charge in [-0.2, -0.15) is 13.8 Å². The van der Waals surface area contributed by atoms with Crippen LogP contribution in [0, 0.1) is 94.7 Å². The third-order valence-electron chi connectivity index (χ3n) is 24.8. The number of piperidine rings is 2. The molecule has 11 heteroatoms. The number of hydrogen-bond donors (Lipinski definition) is 2. The first-order valence-corrected chi connectivity index (χ1v) is 33.5. The first-order valence-electron chi connectivity index (χ1n) is 30.3. The number of fused-ring (bicyclic) bond motifs is 12. The number of nitrogens with zero attached hydrogens (tertiary/aromatic N) is 2. The zero-order chi connectivity index (χ0) is 53.5. The molecule has 4 heterocycles. The fourth-order valence-electron chi connectivity index (χ4n) is 21.7. The van der Waals surface area contributed by atoms with E-state index in [1.807, 2.05) is 0 Å². The van der Waals surface area contributed by atoms with Crippen LogP contribution in [0.4, 0.5) is 0 Å². The van der Waals surface area contributed by atoms with E-state index >= 15 is 0 Å². The van der Waals surface area contributed by atoms with Gasteiger partial charge < -0.3 is 33.5 Å². The van der Waals surface area contributed by atoms with E-state index in [2.05, 4.69) is 114 Å². The first kappa shape index (κ1) is 62.3. The van der Waals surface area contributed by atoms with Crippen LogP contribution in [0.3, 0.4) is 0 Å². The average molecular weight is 1260 g/mol. The minimum atomic E-state index is -0.122.